The summed E-state index contributed by atoms with van der Waals surface area (Å²) in [7, 11) is 0. The minimum absolute atomic E-state index is 0.0203. The zero-order valence-corrected chi connectivity index (χ0v) is 18.3. The number of carboxylic acid groups (broad SMARTS) is 1. The number of carbonyl (C=O) groups excluding carboxylic acids is 1. The summed E-state index contributed by atoms with van der Waals surface area (Å²) in [6.45, 7) is -0.185. The van der Waals surface area contributed by atoms with Gasteiger partial charge in [0.05, 0.1) is 5.56 Å². The van der Waals surface area contributed by atoms with Gasteiger partial charge in [-0.3, -0.25) is 4.99 Å². The molecule has 5 rings (SSSR count). The Hall–Kier alpha value is -4.72. The number of nitrogen functional groups attached to an aromatic ring is 1. The average Bonchev–Trinajstić information content (AvgIpc) is 3.50. The van der Waals surface area contributed by atoms with Crippen LogP contribution >= 0.6 is 0 Å². The van der Waals surface area contributed by atoms with Gasteiger partial charge in [-0.1, -0.05) is 30.3 Å². The number of allylic oxidation sites excluding steroid dienone is 1. The van der Waals surface area contributed by atoms with Crippen LogP contribution in [0, 0.1) is 5.82 Å². The summed E-state index contributed by atoms with van der Waals surface area (Å²) in [5, 5.41) is 10.5. The molecule has 0 saturated carbocycles. The number of nitrogens with two attached hydrogens (primary N) is 1. The Labute approximate surface area is 199 Å². The van der Waals surface area contributed by atoms with Crippen LogP contribution in [0.3, 0.4) is 0 Å². The lowest BCUT2D eigenvalue weighted by atomic mass is 9.86. The number of aliphatic imine (C=N–C) groups is 1. The van der Waals surface area contributed by atoms with Gasteiger partial charge in [-0.05, 0) is 59.7 Å². The van der Waals surface area contributed by atoms with Crippen LogP contribution in [0.4, 0.5) is 10.1 Å². The number of nitrogens with zero attached hydrogens (tertiary/aromatic N) is 1. The van der Waals surface area contributed by atoms with Gasteiger partial charge in [0.25, 0.3) is 0 Å². The van der Waals surface area contributed by atoms with Crippen molar-refractivity contribution in [2.75, 3.05) is 5.73 Å². The maximum absolute atomic E-state index is 13.2. The van der Waals surface area contributed by atoms with Crippen molar-refractivity contribution in [3.8, 4) is 11.1 Å². The first-order valence-corrected chi connectivity index (χ1v) is 10.7. The summed E-state index contributed by atoms with van der Waals surface area (Å²) in [4.78, 5) is 29.3. The van der Waals surface area contributed by atoms with E-state index in [0.717, 1.165) is 16.5 Å². The number of ether oxygens (including phenoxy) is 1. The maximum Gasteiger partial charge on any atom is 0.343 e. The van der Waals surface area contributed by atoms with E-state index in [2.05, 4.69) is 4.99 Å². The van der Waals surface area contributed by atoms with Gasteiger partial charge < -0.3 is 20.0 Å². The molecule has 4 aromatic rings. The number of carbonyl (C=O) groups is 2. The molecule has 1 unspecified atom stereocenters. The van der Waals surface area contributed by atoms with Crippen molar-refractivity contribution < 1.29 is 28.2 Å². The Kier molecular flexibility index (Phi) is 5.41. The van der Waals surface area contributed by atoms with Crippen molar-refractivity contribution >= 4 is 34.8 Å². The van der Waals surface area contributed by atoms with E-state index in [4.69, 9.17) is 14.9 Å². The number of halogens is 1. The molecule has 2 heterocycles. The van der Waals surface area contributed by atoms with E-state index in [9.17, 15) is 19.1 Å². The molecule has 0 bridgehead atoms. The fourth-order valence-corrected chi connectivity index (χ4v) is 4.14. The third-order valence-corrected chi connectivity index (χ3v) is 5.82. The Balaban J connectivity index is 1.40. The molecule has 0 spiro atoms. The van der Waals surface area contributed by atoms with Crippen LogP contribution in [0.25, 0.3) is 22.1 Å². The molecule has 174 valence electrons. The van der Waals surface area contributed by atoms with Crippen molar-refractivity contribution in [2.45, 2.75) is 12.1 Å². The predicted octanol–water partition coefficient (Wildman–Crippen LogP) is 5.10. The summed E-state index contributed by atoms with van der Waals surface area (Å²) < 4.78 is 24.6. The highest BCUT2D eigenvalue weighted by atomic mass is 19.1. The highest BCUT2D eigenvalue weighted by Gasteiger charge is 2.43. The zero-order chi connectivity index (χ0) is 24.6. The topological polar surface area (TPSA) is 115 Å². The van der Waals surface area contributed by atoms with Crippen molar-refractivity contribution in [1.82, 2.24) is 0 Å². The van der Waals surface area contributed by atoms with Crippen LogP contribution in [-0.2, 0) is 21.7 Å². The Bertz CT molecular complexity index is 1510. The van der Waals surface area contributed by atoms with Crippen molar-refractivity contribution in [2.24, 2.45) is 4.99 Å². The van der Waals surface area contributed by atoms with E-state index in [0.29, 0.717) is 11.3 Å². The molecular formula is C27H19FN2O5. The van der Waals surface area contributed by atoms with Crippen LogP contribution in [0.2, 0.25) is 0 Å². The first-order chi connectivity index (χ1) is 16.9. The highest BCUT2D eigenvalue weighted by molar-refractivity contribution is 6.01. The zero-order valence-electron chi connectivity index (χ0n) is 18.3. The summed E-state index contributed by atoms with van der Waals surface area (Å²) in [5.74, 6) is -1.94. The number of aromatic carboxylic acids is 1. The molecule has 1 aromatic heterocycles. The second kappa shape index (κ2) is 8.57. The van der Waals surface area contributed by atoms with Crippen LogP contribution in [-0.4, -0.2) is 23.3 Å². The SMILES string of the molecule is Nc1cccc(C2(C(=O)OCc3cc4cc(-c5ccc(F)cc5)ccc4o3)C=CC=N2)c1C(=O)O. The van der Waals surface area contributed by atoms with Gasteiger partial charge >= 0.3 is 11.9 Å². The van der Waals surface area contributed by atoms with Gasteiger partial charge in [0, 0.05) is 22.9 Å². The molecule has 1 atom stereocenters. The fourth-order valence-electron chi connectivity index (χ4n) is 4.14. The minimum atomic E-state index is -1.66. The smallest absolute Gasteiger partial charge is 0.343 e. The molecule has 3 N–H and O–H groups in total. The Morgan fingerprint density at radius 2 is 1.83 bits per heavy atom. The lowest BCUT2D eigenvalue weighted by Gasteiger charge is -2.24. The second-order valence-electron chi connectivity index (χ2n) is 8.03. The van der Waals surface area contributed by atoms with E-state index in [1.165, 1.54) is 36.6 Å². The first-order valence-electron chi connectivity index (χ1n) is 10.7. The second-order valence-corrected chi connectivity index (χ2v) is 8.03. The monoisotopic (exact) mass is 470 g/mol. The molecule has 35 heavy (non-hydrogen) atoms. The molecule has 0 aliphatic carbocycles. The van der Waals surface area contributed by atoms with Gasteiger partial charge in [-0.2, -0.15) is 0 Å². The molecule has 1 aliphatic heterocycles. The third-order valence-electron chi connectivity index (χ3n) is 5.82. The Morgan fingerprint density at radius 1 is 1.06 bits per heavy atom. The lowest BCUT2D eigenvalue weighted by Crippen LogP contribution is -2.34. The van der Waals surface area contributed by atoms with Crippen LogP contribution in [0.1, 0.15) is 21.7 Å². The number of hydrogen-bond acceptors (Lipinski definition) is 6. The van der Waals surface area contributed by atoms with Crippen molar-refractivity contribution in [3.63, 3.8) is 0 Å². The number of furan rings is 1. The minimum Gasteiger partial charge on any atom is -0.478 e. The quantitative estimate of drug-likeness (QED) is 0.299. The summed E-state index contributed by atoms with van der Waals surface area (Å²) in [6, 6.07) is 18.0. The third kappa shape index (κ3) is 3.95. The average molecular weight is 470 g/mol. The highest BCUT2D eigenvalue weighted by Crippen LogP contribution is 2.37. The molecule has 0 amide bonds. The largest absolute Gasteiger partial charge is 0.478 e. The van der Waals surface area contributed by atoms with E-state index in [1.54, 1.807) is 36.4 Å². The van der Waals surface area contributed by atoms with Gasteiger partial charge in [0.2, 0.25) is 5.54 Å². The van der Waals surface area contributed by atoms with E-state index in [1.807, 2.05) is 12.1 Å². The van der Waals surface area contributed by atoms with Crippen molar-refractivity contribution in [3.05, 3.63) is 102 Å². The number of fused-ring (bicyclic) bond motifs is 1. The Morgan fingerprint density at radius 3 is 2.54 bits per heavy atom. The molecule has 7 nitrogen and oxygen atoms in total. The number of rotatable bonds is 6. The molecular weight excluding hydrogens is 451 g/mol. The number of carboxylic acids is 1. The first kappa shape index (κ1) is 22.1. The summed E-state index contributed by atoms with van der Waals surface area (Å²) in [6.07, 6.45) is 4.44. The standard InChI is InChI=1S/C27H19FN2O5/c28-19-8-5-16(6-9-19)17-7-10-23-18(13-17)14-20(35-23)15-34-26(33)27(11-2-12-30-27)21-3-1-4-22(29)24(21)25(31)32/h1-14H,15,29H2,(H,31,32). The van der Waals surface area contributed by atoms with Gasteiger partial charge in [-0.15, -0.1) is 0 Å². The van der Waals surface area contributed by atoms with Gasteiger partial charge in [0.15, 0.2) is 0 Å². The summed E-state index contributed by atoms with van der Waals surface area (Å²) >= 11 is 0. The summed E-state index contributed by atoms with van der Waals surface area (Å²) in [5.41, 5.74) is 6.48. The molecule has 3 aromatic carbocycles. The van der Waals surface area contributed by atoms with Gasteiger partial charge in [0.1, 0.15) is 23.8 Å². The van der Waals surface area contributed by atoms with Gasteiger partial charge in [-0.25, -0.2) is 14.0 Å². The fraction of sp³-hybridized carbons (Fsp3) is 0.0741. The number of benzene rings is 3. The molecule has 1 aliphatic rings. The lowest BCUT2D eigenvalue weighted by molar-refractivity contribution is -0.150. The van der Waals surface area contributed by atoms with Crippen LogP contribution in [0.15, 0.2) is 88.3 Å². The van der Waals surface area contributed by atoms with Crippen LogP contribution in [0.5, 0.6) is 0 Å². The number of esters is 1. The van der Waals surface area contributed by atoms with Crippen LogP contribution < -0.4 is 5.73 Å². The predicted molar refractivity (Wildman–Crippen MR) is 129 cm³/mol. The van der Waals surface area contributed by atoms with Crippen molar-refractivity contribution in [1.29, 1.82) is 0 Å². The molecule has 0 saturated heterocycles. The van der Waals surface area contributed by atoms with E-state index in [-0.39, 0.29) is 29.2 Å². The normalized spacial score (nSPS) is 16.6. The van der Waals surface area contributed by atoms with E-state index >= 15 is 0 Å². The number of anilines is 1. The maximum atomic E-state index is 13.2. The molecule has 0 fully saturated rings. The molecule has 8 heteroatoms. The number of hydrogen-bond donors (Lipinski definition) is 2. The molecule has 0 radical (unpaired) electrons. The van der Waals surface area contributed by atoms with E-state index < -0.39 is 17.5 Å².